The summed E-state index contributed by atoms with van der Waals surface area (Å²) in [5.41, 5.74) is 3.27. The Bertz CT molecular complexity index is 506. The van der Waals surface area contributed by atoms with Crippen molar-refractivity contribution in [3.05, 3.63) is 41.5 Å². The van der Waals surface area contributed by atoms with Crippen molar-refractivity contribution < 1.29 is 0 Å². The lowest BCUT2D eigenvalue weighted by Crippen LogP contribution is -2.22. The first-order valence-corrected chi connectivity index (χ1v) is 6.25. The smallest absolute Gasteiger partial charge is 0.0802 e. The van der Waals surface area contributed by atoms with Crippen LogP contribution in [0.15, 0.2) is 24.5 Å². The van der Waals surface area contributed by atoms with E-state index < -0.39 is 0 Å². The molecule has 2 aromatic rings. The Morgan fingerprint density at radius 3 is 2.94 bits per heavy atom. The first kappa shape index (κ1) is 12.7. The van der Waals surface area contributed by atoms with Crippen molar-refractivity contribution in [3.8, 4) is 0 Å². The average molecular weight is 245 g/mol. The van der Waals surface area contributed by atoms with Gasteiger partial charge in [0.15, 0.2) is 0 Å². The van der Waals surface area contributed by atoms with Crippen LogP contribution in [0.1, 0.15) is 36.3 Å². The Labute approximate surface area is 107 Å². The number of rotatable bonds is 5. The van der Waals surface area contributed by atoms with Gasteiger partial charge >= 0.3 is 0 Å². The third kappa shape index (κ3) is 2.41. The highest BCUT2D eigenvalue weighted by atomic mass is 15.4. The molecule has 0 amide bonds. The van der Waals surface area contributed by atoms with E-state index in [-0.39, 0.29) is 6.04 Å². The molecular formula is C13H19N5. The van der Waals surface area contributed by atoms with E-state index in [1.807, 2.05) is 37.1 Å². The van der Waals surface area contributed by atoms with E-state index in [1.54, 1.807) is 0 Å². The van der Waals surface area contributed by atoms with Crippen LogP contribution in [-0.2, 0) is 6.54 Å². The van der Waals surface area contributed by atoms with Crippen LogP contribution >= 0.6 is 0 Å². The average Bonchev–Trinajstić information content (AvgIpc) is 2.82. The van der Waals surface area contributed by atoms with E-state index in [4.69, 9.17) is 0 Å². The molecule has 1 atom stereocenters. The number of aryl methyl sites for hydroxylation is 2. The molecule has 5 heteroatoms. The van der Waals surface area contributed by atoms with Gasteiger partial charge in [0.05, 0.1) is 17.9 Å². The van der Waals surface area contributed by atoms with Crippen LogP contribution in [0.25, 0.3) is 0 Å². The normalized spacial score (nSPS) is 12.6. The zero-order valence-corrected chi connectivity index (χ0v) is 11.1. The summed E-state index contributed by atoms with van der Waals surface area (Å²) in [7, 11) is 1.94. The summed E-state index contributed by atoms with van der Waals surface area (Å²) < 4.78 is 1.95. The number of nitrogens with one attached hydrogen (secondary N) is 1. The zero-order valence-electron chi connectivity index (χ0n) is 11.1. The fraction of sp³-hybridized carbons (Fsp3) is 0.462. The summed E-state index contributed by atoms with van der Waals surface area (Å²) in [6, 6.07) is 4.13. The summed E-state index contributed by atoms with van der Waals surface area (Å²) in [4.78, 5) is 4.34. The summed E-state index contributed by atoms with van der Waals surface area (Å²) in [5.74, 6) is 0. The topological polar surface area (TPSA) is 55.6 Å². The van der Waals surface area contributed by atoms with Gasteiger partial charge in [-0.3, -0.25) is 4.98 Å². The van der Waals surface area contributed by atoms with Crippen molar-refractivity contribution in [1.29, 1.82) is 0 Å². The monoisotopic (exact) mass is 245 g/mol. The fourth-order valence-electron chi connectivity index (χ4n) is 2.14. The fourth-order valence-corrected chi connectivity index (χ4v) is 2.14. The largest absolute Gasteiger partial charge is 0.308 e. The second-order valence-corrected chi connectivity index (χ2v) is 4.28. The van der Waals surface area contributed by atoms with Crippen LogP contribution in [0.3, 0.4) is 0 Å². The molecule has 0 spiro atoms. The molecule has 0 aliphatic heterocycles. The first-order chi connectivity index (χ1) is 8.77. The molecule has 0 aliphatic rings. The molecule has 0 aromatic carbocycles. The quantitative estimate of drug-likeness (QED) is 0.871. The molecule has 96 valence electrons. The van der Waals surface area contributed by atoms with Crippen molar-refractivity contribution in [2.45, 2.75) is 32.9 Å². The van der Waals surface area contributed by atoms with Gasteiger partial charge in [-0.25, -0.2) is 4.68 Å². The van der Waals surface area contributed by atoms with Gasteiger partial charge in [-0.1, -0.05) is 18.2 Å². The first-order valence-electron chi connectivity index (χ1n) is 6.25. The maximum Gasteiger partial charge on any atom is 0.0802 e. The highest BCUT2D eigenvalue weighted by Crippen LogP contribution is 2.22. The lowest BCUT2D eigenvalue weighted by molar-refractivity contribution is 0.522. The zero-order chi connectivity index (χ0) is 13.0. The van der Waals surface area contributed by atoms with Crippen molar-refractivity contribution in [3.63, 3.8) is 0 Å². The Kier molecular flexibility index (Phi) is 4.04. The number of hydrogen-bond donors (Lipinski definition) is 1. The molecule has 0 saturated heterocycles. The molecule has 5 nitrogen and oxygen atoms in total. The second-order valence-electron chi connectivity index (χ2n) is 4.28. The number of pyridine rings is 1. The lowest BCUT2D eigenvalue weighted by Gasteiger charge is -2.18. The summed E-state index contributed by atoms with van der Waals surface area (Å²) in [6.45, 7) is 5.04. The molecule has 0 aliphatic carbocycles. The van der Waals surface area contributed by atoms with Gasteiger partial charge in [-0.05, 0) is 32.0 Å². The van der Waals surface area contributed by atoms with Crippen molar-refractivity contribution in [1.82, 2.24) is 25.3 Å². The van der Waals surface area contributed by atoms with E-state index >= 15 is 0 Å². The van der Waals surface area contributed by atoms with Crippen molar-refractivity contribution in [2.75, 3.05) is 7.05 Å². The highest BCUT2D eigenvalue weighted by Gasteiger charge is 2.19. The predicted octanol–water partition coefficient (Wildman–Crippen LogP) is 1.70. The Morgan fingerprint density at radius 1 is 1.44 bits per heavy atom. The summed E-state index contributed by atoms with van der Waals surface area (Å²) in [5, 5.41) is 11.5. The van der Waals surface area contributed by atoms with E-state index in [2.05, 4.69) is 33.6 Å². The minimum absolute atomic E-state index is 0.0836. The Balaban J connectivity index is 2.39. The van der Waals surface area contributed by atoms with Crippen LogP contribution in [-0.4, -0.2) is 27.0 Å². The lowest BCUT2D eigenvalue weighted by atomic mass is 10.0. The van der Waals surface area contributed by atoms with Gasteiger partial charge in [-0.15, -0.1) is 5.10 Å². The van der Waals surface area contributed by atoms with Gasteiger partial charge in [-0.2, -0.15) is 0 Å². The molecule has 1 N–H and O–H groups in total. The van der Waals surface area contributed by atoms with Crippen LogP contribution in [0.4, 0.5) is 0 Å². The van der Waals surface area contributed by atoms with Crippen molar-refractivity contribution in [2.24, 2.45) is 0 Å². The molecule has 2 heterocycles. The third-order valence-corrected chi connectivity index (χ3v) is 3.03. The molecule has 2 aromatic heterocycles. The number of hydrogen-bond acceptors (Lipinski definition) is 4. The number of aromatic nitrogens is 4. The second kappa shape index (κ2) is 5.73. The molecule has 0 bridgehead atoms. The van der Waals surface area contributed by atoms with E-state index in [0.29, 0.717) is 0 Å². The maximum absolute atomic E-state index is 4.34. The van der Waals surface area contributed by atoms with Gasteiger partial charge in [0.2, 0.25) is 0 Å². The standard InChI is InChI=1S/C13H19N5/c1-4-8-18-12(9-16-17-18)13(14-3)11-6-5-7-15-10(11)2/h5-7,9,13-14H,4,8H2,1-3H3. The Hall–Kier alpha value is -1.75. The molecule has 0 fully saturated rings. The SMILES string of the molecule is CCCn1nncc1C(NC)c1cccnc1C. The maximum atomic E-state index is 4.34. The van der Waals surface area contributed by atoms with Gasteiger partial charge in [0.1, 0.15) is 0 Å². The summed E-state index contributed by atoms with van der Waals surface area (Å²) in [6.07, 6.45) is 4.68. The van der Waals surface area contributed by atoms with Crippen molar-refractivity contribution >= 4 is 0 Å². The van der Waals surface area contributed by atoms with Gasteiger partial charge in [0.25, 0.3) is 0 Å². The van der Waals surface area contributed by atoms with Crippen LogP contribution < -0.4 is 5.32 Å². The Morgan fingerprint density at radius 2 is 2.28 bits per heavy atom. The summed E-state index contributed by atoms with van der Waals surface area (Å²) >= 11 is 0. The molecule has 1 unspecified atom stereocenters. The van der Waals surface area contributed by atoms with Crippen LogP contribution in [0.2, 0.25) is 0 Å². The minimum atomic E-state index is 0.0836. The molecule has 0 saturated carbocycles. The molecular weight excluding hydrogens is 226 g/mol. The van der Waals surface area contributed by atoms with E-state index in [1.165, 1.54) is 5.56 Å². The van der Waals surface area contributed by atoms with E-state index in [0.717, 1.165) is 24.4 Å². The highest BCUT2D eigenvalue weighted by molar-refractivity contribution is 5.29. The van der Waals surface area contributed by atoms with E-state index in [9.17, 15) is 0 Å². The van der Waals surface area contributed by atoms with Gasteiger partial charge < -0.3 is 5.32 Å². The van der Waals surface area contributed by atoms with Gasteiger partial charge in [0, 0.05) is 18.4 Å². The third-order valence-electron chi connectivity index (χ3n) is 3.03. The van der Waals surface area contributed by atoms with Crippen LogP contribution in [0.5, 0.6) is 0 Å². The molecule has 0 radical (unpaired) electrons. The minimum Gasteiger partial charge on any atom is -0.308 e. The molecule has 18 heavy (non-hydrogen) atoms. The van der Waals surface area contributed by atoms with Crippen LogP contribution in [0, 0.1) is 6.92 Å². The predicted molar refractivity (Wildman–Crippen MR) is 70.2 cm³/mol. The number of nitrogens with zero attached hydrogens (tertiary/aromatic N) is 4. The molecule has 2 rings (SSSR count).